The van der Waals surface area contributed by atoms with E-state index in [1.165, 1.54) is 43.9 Å². The van der Waals surface area contributed by atoms with Crippen LogP contribution in [0.3, 0.4) is 0 Å². The van der Waals surface area contributed by atoms with Crippen molar-refractivity contribution in [1.82, 2.24) is 0 Å². The predicted molar refractivity (Wildman–Crippen MR) is 159 cm³/mol. The Morgan fingerprint density at radius 2 is 1.25 bits per heavy atom. The van der Waals surface area contributed by atoms with Crippen molar-refractivity contribution in [2.24, 2.45) is 0 Å². The molecule has 0 aromatic heterocycles. The van der Waals surface area contributed by atoms with Crippen molar-refractivity contribution < 1.29 is 28.6 Å². The highest BCUT2D eigenvalue weighted by Crippen LogP contribution is 2.18. The lowest BCUT2D eigenvalue weighted by molar-refractivity contribution is -0.139. The molecule has 8 heteroatoms. The van der Waals surface area contributed by atoms with Crippen LogP contribution < -0.4 is 16.2 Å². The van der Waals surface area contributed by atoms with Gasteiger partial charge < -0.3 is 25.7 Å². The Bertz CT molecular complexity index is 1120. The van der Waals surface area contributed by atoms with E-state index in [-0.39, 0.29) is 17.5 Å². The Morgan fingerprint density at radius 1 is 0.750 bits per heavy atom. The van der Waals surface area contributed by atoms with Gasteiger partial charge in [-0.15, -0.1) is 0 Å². The van der Waals surface area contributed by atoms with Gasteiger partial charge in [0.15, 0.2) is 0 Å². The van der Waals surface area contributed by atoms with E-state index in [2.05, 4.69) is 6.58 Å². The molecule has 0 radical (unpaired) electrons. The average Bonchev–Trinajstić information content (AvgIpc) is 2.92. The first-order valence-electron chi connectivity index (χ1n) is 13.9. The molecule has 0 saturated heterocycles. The summed E-state index contributed by atoms with van der Waals surface area (Å²) in [5.41, 5.74) is 13.7. The molecule has 0 bridgehead atoms. The number of carbonyl (C=O) groups is 3. The summed E-state index contributed by atoms with van der Waals surface area (Å²) < 4.78 is 15.7. The van der Waals surface area contributed by atoms with Crippen LogP contribution in [-0.2, 0) is 19.1 Å². The van der Waals surface area contributed by atoms with E-state index in [9.17, 15) is 14.4 Å². The number of benzene rings is 2. The molecule has 2 aromatic rings. The highest BCUT2D eigenvalue weighted by atomic mass is 16.5. The van der Waals surface area contributed by atoms with E-state index in [1.807, 2.05) is 0 Å². The van der Waals surface area contributed by atoms with Gasteiger partial charge in [-0.3, -0.25) is 0 Å². The molecule has 4 N–H and O–H groups in total. The highest BCUT2D eigenvalue weighted by molar-refractivity contribution is 5.93. The lowest BCUT2D eigenvalue weighted by atomic mass is 10.1. The summed E-state index contributed by atoms with van der Waals surface area (Å²) in [6.45, 7) is 6.10. The second kappa shape index (κ2) is 18.3. The first-order valence-corrected chi connectivity index (χ1v) is 13.9. The van der Waals surface area contributed by atoms with Crippen molar-refractivity contribution in [1.29, 1.82) is 0 Å². The number of anilines is 2. The minimum Gasteiger partial charge on any atom is -0.463 e. The van der Waals surface area contributed by atoms with Crippen LogP contribution >= 0.6 is 0 Å². The zero-order chi connectivity index (χ0) is 29.2. The molecule has 8 nitrogen and oxygen atoms in total. The Hall–Kier alpha value is -4.07. The Balaban J connectivity index is 1.49. The van der Waals surface area contributed by atoms with Crippen molar-refractivity contribution >= 4 is 35.4 Å². The molecule has 0 heterocycles. The average molecular weight is 551 g/mol. The summed E-state index contributed by atoms with van der Waals surface area (Å²) in [4.78, 5) is 35.5. The lowest BCUT2D eigenvalue weighted by Crippen LogP contribution is -2.09. The Morgan fingerprint density at radius 3 is 1.77 bits per heavy atom. The van der Waals surface area contributed by atoms with Crippen molar-refractivity contribution in [2.45, 2.75) is 71.1 Å². The molecule has 0 saturated carbocycles. The van der Waals surface area contributed by atoms with E-state index in [0.717, 1.165) is 44.1 Å². The molecular formula is C32H42N2O6. The summed E-state index contributed by atoms with van der Waals surface area (Å²) in [5.74, 6) is -0.884. The molecule has 0 atom stereocenters. The molecule has 0 aliphatic carbocycles. The van der Waals surface area contributed by atoms with Crippen molar-refractivity contribution in [3.63, 3.8) is 0 Å². The minimum atomic E-state index is -0.557. The van der Waals surface area contributed by atoms with Crippen molar-refractivity contribution in [3.8, 4) is 5.75 Å². The predicted octanol–water partition coefficient (Wildman–Crippen LogP) is 6.65. The van der Waals surface area contributed by atoms with Crippen LogP contribution in [0.4, 0.5) is 11.4 Å². The van der Waals surface area contributed by atoms with E-state index in [1.54, 1.807) is 43.3 Å². The number of nitrogen functional groups attached to an aromatic ring is 2. The molecule has 40 heavy (non-hydrogen) atoms. The largest absolute Gasteiger partial charge is 0.463 e. The van der Waals surface area contributed by atoms with Crippen LogP contribution in [0.15, 0.2) is 60.7 Å². The summed E-state index contributed by atoms with van der Waals surface area (Å²) in [5, 5.41) is 0. The number of unbranched alkanes of at least 4 members (excludes halogenated alkanes) is 9. The maximum atomic E-state index is 12.3. The van der Waals surface area contributed by atoms with Crippen molar-refractivity contribution in [3.05, 3.63) is 71.8 Å². The molecule has 0 spiro atoms. The quantitative estimate of drug-likeness (QED) is 0.0694. The lowest BCUT2D eigenvalue weighted by Gasteiger charge is -2.06. The molecule has 0 unspecified atom stereocenters. The number of hydrogen-bond acceptors (Lipinski definition) is 8. The van der Waals surface area contributed by atoms with Gasteiger partial charge in [-0.2, -0.15) is 0 Å². The summed E-state index contributed by atoms with van der Waals surface area (Å²) in [7, 11) is 0. The van der Waals surface area contributed by atoms with E-state index >= 15 is 0 Å². The molecule has 0 fully saturated rings. The van der Waals surface area contributed by atoms with Crippen LogP contribution in [-0.4, -0.2) is 31.1 Å². The number of carbonyl (C=O) groups excluding carboxylic acids is 3. The third-order valence-corrected chi connectivity index (χ3v) is 6.08. The van der Waals surface area contributed by atoms with Gasteiger partial charge in [0.1, 0.15) is 5.75 Å². The number of esters is 3. The first-order chi connectivity index (χ1) is 19.2. The molecule has 216 valence electrons. The Labute approximate surface area is 237 Å². The molecule has 2 aromatic carbocycles. The third kappa shape index (κ3) is 13.6. The van der Waals surface area contributed by atoms with Gasteiger partial charge in [-0.05, 0) is 61.7 Å². The van der Waals surface area contributed by atoms with Gasteiger partial charge in [0.2, 0.25) is 0 Å². The molecule has 2 rings (SSSR count). The fraction of sp³-hybridized carbons (Fsp3) is 0.406. The second-order valence-electron chi connectivity index (χ2n) is 9.80. The van der Waals surface area contributed by atoms with Gasteiger partial charge in [0.25, 0.3) is 0 Å². The zero-order valence-corrected chi connectivity index (χ0v) is 23.5. The monoisotopic (exact) mass is 550 g/mol. The van der Waals surface area contributed by atoms with Crippen LogP contribution in [0.5, 0.6) is 5.75 Å². The fourth-order valence-electron chi connectivity index (χ4n) is 3.90. The van der Waals surface area contributed by atoms with Crippen LogP contribution in [0, 0.1) is 0 Å². The smallest absolute Gasteiger partial charge is 0.343 e. The van der Waals surface area contributed by atoms with Gasteiger partial charge >= 0.3 is 17.9 Å². The van der Waals surface area contributed by atoms with E-state index < -0.39 is 5.97 Å². The number of nitrogens with two attached hydrogens (primary N) is 2. The number of hydrogen-bond donors (Lipinski definition) is 2. The zero-order valence-electron chi connectivity index (χ0n) is 23.5. The van der Waals surface area contributed by atoms with Crippen LogP contribution in [0.1, 0.15) is 87.1 Å². The van der Waals surface area contributed by atoms with Gasteiger partial charge in [0, 0.05) is 23.0 Å². The van der Waals surface area contributed by atoms with E-state index in [4.69, 9.17) is 25.7 Å². The third-order valence-electron chi connectivity index (χ3n) is 6.08. The SMILES string of the molecule is C=C(C)C(=O)OCCCCCCCCCCCCOC(=O)/C=C/c1ccc(OC(=O)c2cc(N)cc(N)c2)cc1. The maximum absolute atomic E-state index is 12.3. The van der Waals surface area contributed by atoms with E-state index in [0.29, 0.717) is 35.9 Å². The number of ether oxygens (including phenoxy) is 3. The topological polar surface area (TPSA) is 131 Å². The standard InChI is InChI=1S/C32H42N2O6/c1-24(2)31(36)39-20-12-10-8-6-4-3-5-7-9-11-19-38-30(35)18-15-25-13-16-29(17-14-25)40-32(37)26-21-27(33)23-28(34)22-26/h13-18,21-23H,1,3-12,19-20,33-34H2,2H3/b18-15+. The normalized spacial score (nSPS) is 10.8. The number of rotatable bonds is 18. The molecule has 0 aliphatic rings. The van der Waals surface area contributed by atoms with Crippen LogP contribution in [0.2, 0.25) is 0 Å². The summed E-state index contributed by atoms with van der Waals surface area (Å²) in [6, 6.07) is 11.3. The van der Waals surface area contributed by atoms with Crippen molar-refractivity contribution in [2.75, 3.05) is 24.7 Å². The molecule has 0 aliphatic heterocycles. The van der Waals surface area contributed by atoms with Gasteiger partial charge in [-0.1, -0.05) is 70.1 Å². The highest BCUT2D eigenvalue weighted by Gasteiger charge is 2.10. The van der Waals surface area contributed by atoms with Gasteiger partial charge in [0.05, 0.1) is 18.8 Å². The molecule has 0 amide bonds. The maximum Gasteiger partial charge on any atom is 0.343 e. The fourth-order valence-corrected chi connectivity index (χ4v) is 3.90. The summed E-state index contributed by atoms with van der Waals surface area (Å²) in [6.07, 6.45) is 14.0. The van der Waals surface area contributed by atoms with Gasteiger partial charge in [-0.25, -0.2) is 14.4 Å². The summed E-state index contributed by atoms with van der Waals surface area (Å²) >= 11 is 0. The molecular weight excluding hydrogens is 508 g/mol. The first kappa shape index (κ1) is 32.1. The van der Waals surface area contributed by atoms with Crippen LogP contribution in [0.25, 0.3) is 6.08 Å². The second-order valence-corrected chi connectivity index (χ2v) is 9.80. The minimum absolute atomic E-state index is 0.272. The Kier molecular flexibility index (Phi) is 14.7.